The lowest BCUT2D eigenvalue weighted by Gasteiger charge is -2.23. The highest BCUT2D eigenvalue weighted by molar-refractivity contribution is 7.17. The Morgan fingerprint density at radius 1 is 1.56 bits per heavy atom. The van der Waals surface area contributed by atoms with E-state index in [0.717, 1.165) is 5.13 Å². The molecule has 1 saturated carbocycles. The first kappa shape index (κ1) is 11.4. The van der Waals surface area contributed by atoms with Gasteiger partial charge in [-0.2, -0.15) is 0 Å². The van der Waals surface area contributed by atoms with Crippen molar-refractivity contribution in [2.24, 2.45) is 0 Å². The van der Waals surface area contributed by atoms with E-state index >= 15 is 0 Å². The third-order valence-corrected chi connectivity index (χ3v) is 4.12. The fraction of sp³-hybridized carbons (Fsp3) is 0.636. The van der Waals surface area contributed by atoms with Crippen molar-refractivity contribution in [2.45, 2.75) is 31.7 Å². The number of esters is 1. The molecule has 0 atom stereocenters. The van der Waals surface area contributed by atoms with E-state index in [1.165, 1.54) is 44.1 Å². The monoisotopic (exact) mass is 240 g/mol. The normalized spacial score (nSPS) is 16.4. The number of aromatic nitrogens is 1. The summed E-state index contributed by atoms with van der Waals surface area (Å²) in [5.74, 6) is -0.302. The molecule has 0 aliphatic heterocycles. The van der Waals surface area contributed by atoms with E-state index in [2.05, 4.69) is 21.7 Å². The Morgan fingerprint density at radius 3 is 2.88 bits per heavy atom. The van der Waals surface area contributed by atoms with Crippen LogP contribution < -0.4 is 4.90 Å². The van der Waals surface area contributed by atoms with Crippen molar-refractivity contribution in [1.82, 2.24) is 4.98 Å². The molecule has 1 aromatic rings. The topological polar surface area (TPSA) is 42.4 Å². The van der Waals surface area contributed by atoms with E-state index in [1.807, 2.05) is 0 Å². The fourth-order valence-electron chi connectivity index (χ4n) is 2.07. The highest BCUT2D eigenvalue weighted by atomic mass is 32.1. The van der Waals surface area contributed by atoms with Crippen molar-refractivity contribution in [3.63, 3.8) is 0 Å². The Balaban J connectivity index is 2.08. The maximum absolute atomic E-state index is 11.3. The van der Waals surface area contributed by atoms with E-state index in [1.54, 1.807) is 6.20 Å². The second kappa shape index (κ2) is 4.82. The number of nitrogens with zero attached hydrogens (tertiary/aromatic N) is 2. The molecule has 2 rings (SSSR count). The zero-order valence-electron chi connectivity index (χ0n) is 9.60. The number of hydrogen-bond acceptors (Lipinski definition) is 5. The highest BCUT2D eigenvalue weighted by Crippen LogP contribution is 2.29. The lowest BCUT2D eigenvalue weighted by atomic mass is 10.2. The second-order valence-electron chi connectivity index (χ2n) is 4.05. The zero-order chi connectivity index (χ0) is 11.5. The Bertz CT molecular complexity index is 372. The van der Waals surface area contributed by atoms with E-state index in [-0.39, 0.29) is 5.97 Å². The molecule has 0 N–H and O–H groups in total. The first-order valence-electron chi connectivity index (χ1n) is 5.49. The molecule has 0 aromatic carbocycles. The van der Waals surface area contributed by atoms with Crippen molar-refractivity contribution >= 4 is 22.4 Å². The number of methoxy groups -OCH3 is 1. The summed E-state index contributed by atoms with van der Waals surface area (Å²) < 4.78 is 4.67. The summed E-state index contributed by atoms with van der Waals surface area (Å²) in [5, 5.41) is 0.910. The van der Waals surface area contributed by atoms with Crippen LogP contribution in [-0.4, -0.2) is 31.2 Å². The largest absolute Gasteiger partial charge is 0.465 e. The molecule has 0 amide bonds. The number of anilines is 1. The van der Waals surface area contributed by atoms with Crippen molar-refractivity contribution < 1.29 is 9.53 Å². The molecule has 1 fully saturated rings. The molecular formula is C11H16N2O2S. The van der Waals surface area contributed by atoms with Gasteiger partial charge in [-0.25, -0.2) is 9.78 Å². The first-order chi connectivity index (χ1) is 7.72. The number of rotatable bonds is 3. The summed E-state index contributed by atoms with van der Waals surface area (Å²) in [4.78, 5) is 18.3. The van der Waals surface area contributed by atoms with Gasteiger partial charge in [-0.3, -0.25) is 0 Å². The maximum Gasteiger partial charge on any atom is 0.349 e. The highest BCUT2D eigenvalue weighted by Gasteiger charge is 2.22. The van der Waals surface area contributed by atoms with E-state index in [4.69, 9.17) is 0 Å². The van der Waals surface area contributed by atoms with Crippen molar-refractivity contribution in [3.05, 3.63) is 11.1 Å². The number of hydrogen-bond donors (Lipinski definition) is 0. The standard InChI is InChI=1S/C11H16N2O2S/c1-13(8-5-3-4-6-8)11-12-7-9(16-11)10(14)15-2/h7-8H,3-6H2,1-2H3. The molecule has 0 radical (unpaired) electrons. The maximum atomic E-state index is 11.3. The van der Waals surface area contributed by atoms with Crippen LogP contribution in [0.25, 0.3) is 0 Å². The summed E-state index contributed by atoms with van der Waals surface area (Å²) >= 11 is 1.40. The number of carbonyl (C=O) groups is 1. The van der Waals surface area contributed by atoms with Gasteiger partial charge in [-0.05, 0) is 12.8 Å². The van der Waals surface area contributed by atoms with Crippen molar-refractivity contribution in [2.75, 3.05) is 19.1 Å². The minimum atomic E-state index is -0.302. The molecule has 4 nitrogen and oxygen atoms in total. The molecule has 0 spiro atoms. The molecule has 16 heavy (non-hydrogen) atoms. The Morgan fingerprint density at radius 2 is 2.25 bits per heavy atom. The number of ether oxygens (including phenoxy) is 1. The van der Waals surface area contributed by atoms with Gasteiger partial charge in [0.2, 0.25) is 0 Å². The van der Waals surface area contributed by atoms with Crippen LogP contribution in [0.5, 0.6) is 0 Å². The molecule has 1 aromatic heterocycles. The van der Waals surface area contributed by atoms with E-state index in [9.17, 15) is 4.79 Å². The third-order valence-electron chi connectivity index (χ3n) is 3.05. The Kier molecular flexibility index (Phi) is 3.43. The average molecular weight is 240 g/mol. The summed E-state index contributed by atoms with van der Waals surface area (Å²) in [6.07, 6.45) is 6.64. The van der Waals surface area contributed by atoms with Gasteiger partial charge < -0.3 is 9.64 Å². The van der Waals surface area contributed by atoms with E-state index < -0.39 is 0 Å². The predicted octanol–water partition coefficient (Wildman–Crippen LogP) is 2.31. The molecular weight excluding hydrogens is 224 g/mol. The second-order valence-corrected chi connectivity index (χ2v) is 5.06. The van der Waals surface area contributed by atoms with Gasteiger partial charge in [-0.15, -0.1) is 0 Å². The Hall–Kier alpha value is -1.10. The third kappa shape index (κ3) is 2.19. The van der Waals surface area contributed by atoms with Crippen LogP contribution in [0.4, 0.5) is 5.13 Å². The van der Waals surface area contributed by atoms with Gasteiger partial charge in [0.1, 0.15) is 4.88 Å². The van der Waals surface area contributed by atoms with Gasteiger partial charge in [0.25, 0.3) is 0 Å². The minimum absolute atomic E-state index is 0.302. The fourth-order valence-corrected chi connectivity index (χ4v) is 2.94. The average Bonchev–Trinajstić information content (AvgIpc) is 2.97. The lowest BCUT2D eigenvalue weighted by Crippen LogP contribution is -2.28. The minimum Gasteiger partial charge on any atom is -0.465 e. The summed E-state index contributed by atoms with van der Waals surface area (Å²) in [6.45, 7) is 0. The van der Waals surface area contributed by atoms with E-state index in [0.29, 0.717) is 10.9 Å². The number of carbonyl (C=O) groups excluding carboxylic acids is 1. The van der Waals surface area contributed by atoms with Gasteiger partial charge >= 0.3 is 5.97 Å². The van der Waals surface area contributed by atoms with Crippen LogP contribution in [0.15, 0.2) is 6.20 Å². The van der Waals surface area contributed by atoms with Crippen LogP contribution in [0.1, 0.15) is 35.4 Å². The SMILES string of the molecule is COC(=O)c1cnc(N(C)C2CCCC2)s1. The molecule has 5 heteroatoms. The van der Waals surface area contributed by atoms with Gasteiger partial charge in [-0.1, -0.05) is 24.2 Å². The smallest absolute Gasteiger partial charge is 0.349 e. The molecule has 0 bridgehead atoms. The first-order valence-corrected chi connectivity index (χ1v) is 6.31. The van der Waals surface area contributed by atoms with Crippen LogP contribution in [0, 0.1) is 0 Å². The predicted molar refractivity (Wildman–Crippen MR) is 64.1 cm³/mol. The molecule has 88 valence electrons. The Labute approximate surface area is 99.2 Å². The lowest BCUT2D eigenvalue weighted by molar-refractivity contribution is 0.0606. The van der Waals surface area contributed by atoms with Gasteiger partial charge in [0.15, 0.2) is 5.13 Å². The zero-order valence-corrected chi connectivity index (χ0v) is 10.4. The van der Waals surface area contributed by atoms with Crippen LogP contribution in [-0.2, 0) is 4.74 Å². The van der Waals surface area contributed by atoms with Crippen molar-refractivity contribution in [3.8, 4) is 0 Å². The molecule has 0 unspecified atom stereocenters. The molecule has 1 heterocycles. The van der Waals surface area contributed by atoms with Crippen molar-refractivity contribution in [1.29, 1.82) is 0 Å². The van der Waals surface area contributed by atoms with Crippen LogP contribution in [0.3, 0.4) is 0 Å². The van der Waals surface area contributed by atoms with Crippen LogP contribution in [0.2, 0.25) is 0 Å². The van der Waals surface area contributed by atoms with Gasteiger partial charge in [0.05, 0.1) is 13.3 Å². The van der Waals surface area contributed by atoms with Gasteiger partial charge in [0, 0.05) is 13.1 Å². The molecule has 1 aliphatic rings. The molecule has 1 aliphatic carbocycles. The van der Waals surface area contributed by atoms with Crippen LogP contribution >= 0.6 is 11.3 Å². The summed E-state index contributed by atoms with van der Waals surface area (Å²) in [5.41, 5.74) is 0. The molecule has 0 saturated heterocycles. The number of thiazole rings is 1. The quantitative estimate of drug-likeness (QED) is 0.760. The summed E-state index contributed by atoms with van der Waals surface area (Å²) in [7, 11) is 3.44. The summed E-state index contributed by atoms with van der Waals surface area (Å²) in [6, 6.07) is 0.580.